The zero-order valence-electron chi connectivity index (χ0n) is 8.81. The van der Waals surface area contributed by atoms with Crippen molar-refractivity contribution in [3.8, 4) is 6.07 Å². The van der Waals surface area contributed by atoms with Crippen molar-refractivity contribution in [3.05, 3.63) is 29.6 Å². The van der Waals surface area contributed by atoms with Gasteiger partial charge in [-0.1, -0.05) is 6.07 Å². The molecule has 5 nitrogen and oxygen atoms in total. The van der Waals surface area contributed by atoms with Crippen LogP contribution in [0.5, 0.6) is 0 Å². The second-order valence-electron chi connectivity index (χ2n) is 3.56. The number of carbonyl (C=O) groups is 1. The second kappa shape index (κ2) is 4.73. The standard InChI is InChI=1S/C11H12N4O/c12-8-9-2-1-3-10(14-9)11(16)15-6-4-13-5-7-15/h1-3,13H,4-7H2. The van der Waals surface area contributed by atoms with Crippen molar-refractivity contribution in [1.29, 1.82) is 5.26 Å². The highest BCUT2D eigenvalue weighted by Crippen LogP contribution is 2.04. The summed E-state index contributed by atoms with van der Waals surface area (Å²) in [6, 6.07) is 6.85. The SMILES string of the molecule is N#Cc1cccc(C(=O)N2CCNCC2)n1. The number of piperazine rings is 1. The van der Waals surface area contributed by atoms with Crippen LogP contribution in [0.15, 0.2) is 18.2 Å². The summed E-state index contributed by atoms with van der Waals surface area (Å²) in [6.07, 6.45) is 0. The van der Waals surface area contributed by atoms with Crippen LogP contribution in [0.2, 0.25) is 0 Å². The molecule has 0 aliphatic carbocycles. The van der Waals surface area contributed by atoms with E-state index in [1.165, 1.54) is 0 Å². The monoisotopic (exact) mass is 216 g/mol. The molecule has 82 valence electrons. The van der Waals surface area contributed by atoms with Crippen LogP contribution in [-0.2, 0) is 0 Å². The molecule has 1 aromatic rings. The quantitative estimate of drug-likeness (QED) is 0.717. The van der Waals surface area contributed by atoms with Gasteiger partial charge in [-0.2, -0.15) is 5.26 Å². The van der Waals surface area contributed by atoms with Gasteiger partial charge in [0.25, 0.3) is 5.91 Å². The fourth-order valence-corrected chi connectivity index (χ4v) is 1.65. The average Bonchev–Trinajstić information content (AvgIpc) is 2.39. The second-order valence-corrected chi connectivity index (χ2v) is 3.56. The minimum atomic E-state index is -0.0985. The first-order valence-electron chi connectivity index (χ1n) is 5.18. The van der Waals surface area contributed by atoms with Gasteiger partial charge < -0.3 is 10.2 Å². The molecular weight excluding hydrogens is 204 g/mol. The van der Waals surface area contributed by atoms with Crippen LogP contribution >= 0.6 is 0 Å². The van der Waals surface area contributed by atoms with E-state index in [-0.39, 0.29) is 11.6 Å². The molecule has 1 N–H and O–H groups in total. The Morgan fingerprint density at radius 1 is 1.44 bits per heavy atom. The largest absolute Gasteiger partial charge is 0.335 e. The summed E-state index contributed by atoms with van der Waals surface area (Å²) in [6.45, 7) is 3.00. The van der Waals surface area contributed by atoms with E-state index in [0.29, 0.717) is 18.8 Å². The summed E-state index contributed by atoms with van der Waals surface area (Å²) >= 11 is 0. The van der Waals surface area contributed by atoms with Crippen molar-refractivity contribution in [2.45, 2.75) is 0 Å². The molecule has 0 saturated carbocycles. The Morgan fingerprint density at radius 3 is 2.88 bits per heavy atom. The van der Waals surface area contributed by atoms with Crippen molar-refractivity contribution in [2.24, 2.45) is 0 Å². The number of rotatable bonds is 1. The van der Waals surface area contributed by atoms with Gasteiger partial charge in [-0.25, -0.2) is 4.98 Å². The van der Waals surface area contributed by atoms with Crippen LogP contribution in [-0.4, -0.2) is 42.0 Å². The van der Waals surface area contributed by atoms with Crippen LogP contribution in [0.3, 0.4) is 0 Å². The van der Waals surface area contributed by atoms with Gasteiger partial charge >= 0.3 is 0 Å². The van der Waals surface area contributed by atoms with Crippen LogP contribution in [0.1, 0.15) is 16.2 Å². The normalized spacial score (nSPS) is 15.6. The van der Waals surface area contributed by atoms with Crippen molar-refractivity contribution in [3.63, 3.8) is 0 Å². The molecule has 1 aliphatic rings. The van der Waals surface area contributed by atoms with Gasteiger partial charge in [0.15, 0.2) is 0 Å². The van der Waals surface area contributed by atoms with Crippen LogP contribution in [0, 0.1) is 11.3 Å². The molecule has 0 unspecified atom stereocenters. The topological polar surface area (TPSA) is 69.0 Å². The summed E-state index contributed by atoms with van der Waals surface area (Å²) in [5.74, 6) is -0.0985. The molecule has 16 heavy (non-hydrogen) atoms. The molecule has 1 aliphatic heterocycles. The highest BCUT2D eigenvalue weighted by Gasteiger charge is 2.18. The molecule has 1 saturated heterocycles. The Bertz CT molecular complexity index is 432. The van der Waals surface area contributed by atoms with Crippen molar-refractivity contribution in [1.82, 2.24) is 15.2 Å². The van der Waals surface area contributed by atoms with E-state index < -0.39 is 0 Å². The van der Waals surface area contributed by atoms with Crippen molar-refractivity contribution < 1.29 is 4.79 Å². The lowest BCUT2D eigenvalue weighted by molar-refractivity contribution is 0.0730. The number of nitriles is 1. The fourth-order valence-electron chi connectivity index (χ4n) is 1.65. The van der Waals surface area contributed by atoms with E-state index in [2.05, 4.69) is 10.3 Å². The van der Waals surface area contributed by atoms with Gasteiger partial charge in [0.1, 0.15) is 17.5 Å². The summed E-state index contributed by atoms with van der Waals surface area (Å²) in [4.78, 5) is 17.7. The number of aromatic nitrogens is 1. The molecule has 2 rings (SSSR count). The Hall–Kier alpha value is -1.93. The smallest absolute Gasteiger partial charge is 0.272 e. The lowest BCUT2D eigenvalue weighted by Crippen LogP contribution is -2.46. The van der Waals surface area contributed by atoms with E-state index in [9.17, 15) is 4.79 Å². The van der Waals surface area contributed by atoms with E-state index in [0.717, 1.165) is 13.1 Å². The number of nitrogens with one attached hydrogen (secondary N) is 1. The maximum Gasteiger partial charge on any atom is 0.272 e. The van der Waals surface area contributed by atoms with Crippen LogP contribution in [0.25, 0.3) is 0 Å². The Kier molecular flexibility index (Phi) is 3.13. The summed E-state index contributed by atoms with van der Waals surface area (Å²) in [5.41, 5.74) is 0.627. The third-order valence-electron chi connectivity index (χ3n) is 2.49. The Morgan fingerprint density at radius 2 is 2.19 bits per heavy atom. The maximum absolute atomic E-state index is 12.0. The molecule has 1 amide bonds. The van der Waals surface area contributed by atoms with E-state index in [1.807, 2.05) is 6.07 Å². The highest BCUT2D eigenvalue weighted by atomic mass is 16.2. The van der Waals surface area contributed by atoms with E-state index in [4.69, 9.17) is 5.26 Å². The summed E-state index contributed by atoms with van der Waals surface area (Å²) in [5, 5.41) is 11.9. The van der Waals surface area contributed by atoms with Crippen molar-refractivity contribution in [2.75, 3.05) is 26.2 Å². The minimum absolute atomic E-state index is 0.0985. The number of amides is 1. The fraction of sp³-hybridized carbons (Fsp3) is 0.364. The van der Waals surface area contributed by atoms with Gasteiger partial charge in [0, 0.05) is 26.2 Å². The van der Waals surface area contributed by atoms with Gasteiger partial charge in [0.05, 0.1) is 0 Å². The van der Waals surface area contributed by atoms with Crippen LogP contribution < -0.4 is 5.32 Å². The van der Waals surface area contributed by atoms with Crippen LogP contribution in [0.4, 0.5) is 0 Å². The molecule has 0 radical (unpaired) electrons. The molecule has 1 aromatic heterocycles. The Balaban J connectivity index is 2.16. The van der Waals surface area contributed by atoms with Gasteiger partial charge in [-0.05, 0) is 12.1 Å². The average molecular weight is 216 g/mol. The predicted molar refractivity (Wildman–Crippen MR) is 57.7 cm³/mol. The van der Waals surface area contributed by atoms with Gasteiger partial charge in [0.2, 0.25) is 0 Å². The third kappa shape index (κ3) is 2.18. The molecule has 0 bridgehead atoms. The van der Waals surface area contributed by atoms with Crippen molar-refractivity contribution >= 4 is 5.91 Å². The predicted octanol–water partition coefficient (Wildman–Crippen LogP) is -0.00132. The first-order chi connectivity index (χ1) is 7.81. The molecule has 5 heteroatoms. The van der Waals surface area contributed by atoms with E-state index in [1.54, 1.807) is 23.1 Å². The van der Waals surface area contributed by atoms with Gasteiger partial charge in [-0.3, -0.25) is 4.79 Å². The summed E-state index contributed by atoms with van der Waals surface area (Å²) < 4.78 is 0. The number of hydrogen-bond acceptors (Lipinski definition) is 4. The molecule has 2 heterocycles. The molecule has 0 spiro atoms. The number of pyridine rings is 1. The minimum Gasteiger partial charge on any atom is -0.335 e. The summed E-state index contributed by atoms with van der Waals surface area (Å²) in [7, 11) is 0. The zero-order valence-corrected chi connectivity index (χ0v) is 8.81. The number of hydrogen-bond donors (Lipinski definition) is 1. The lowest BCUT2D eigenvalue weighted by atomic mass is 10.2. The first-order valence-corrected chi connectivity index (χ1v) is 5.18. The van der Waals surface area contributed by atoms with Gasteiger partial charge in [-0.15, -0.1) is 0 Å². The van der Waals surface area contributed by atoms with E-state index >= 15 is 0 Å². The highest BCUT2D eigenvalue weighted by molar-refractivity contribution is 5.92. The molecular formula is C11H12N4O. The number of carbonyl (C=O) groups excluding carboxylic acids is 1. The first kappa shape index (κ1) is 10.6. The molecule has 0 atom stereocenters. The molecule has 0 aromatic carbocycles. The Labute approximate surface area is 93.7 Å². The zero-order chi connectivity index (χ0) is 11.4. The molecule has 1 fully saturated rings. The lowest BCUT2D eigenvalue weighted by Gasteiger charge is -2.27. The maximum atomic E-state index is 12.0. The number of nitrogens with zero attached hydrogens (tertiary/aromatic N) is 3. The third-order valence-corrected chi connectivity index (χ3v) is 2.49.